The second kappa shape index (κ2) is 13.5. The van der Waals surface area contributed by atoms with Crippen molar-refractivity contribution in [3.8, 4) is 0 Å². The molecule has 1 aromatic carbocycles. The normalized spacial score (nSPS) is 28.2. The molecule has 3 heterocycles. The van der Waals surface area contributed by atoms with Gasteiger partial charge in [0.15, 0.2) is 0 Å². The Morgan fingerprint density at radius 2 is 1.94 bits per heavy atom. The van der Waals surface area contributed by atoms with Gasteiger partial charge >= 0.3 is 12.1 Å². The largest absolute Gasteiger partial charge is 0.444 e. The topological polar surface area (TPSA) is 175 Å². The van der Waals surface area contributed by atoms with E-state index < -0.39 is 75.3 Å². The van der Waals surface area contributed by atoms with Gasteiger partial charge in [0.2, 0.25) is 21.8 Å². The summed E-state index contributed by atoms with van der Waals surface area (Å²) in [6.07, 6.45) is 6.55. The monoisotopic (exact) mass is 696 g/mol. The number of carbonyl (C=O) groups is 5. The van der Waals surface area contributed by atoms with Crippen molar-refractivity contribution >= 4 is 45.9 Å². The molecule has 49 heavy (non-hydrogen) atoms. The summed E-state index contributed by atoms with van der Waals surface area (Å²) in [6, 6.07) is 4.20. The number of carbonyl (C=O) groups excluding carboxylic acids is 5. The van der Waals surface area contributed by atoms with Gasteiger partial charge in [-0.25, -0.2) is 18.0 Å². The smallest absolute Gasteiger partial charge is 0.410 e. The van der Waals surface area contributed by atoms with Crippen LogP contribution >= 0.6 is 0 Å². The van der Waals surface area contributed by atoms with Crippen molar-refractivity contribution in [1.29, 1.82) is 0 Å². The average molecular weight is 697 g/mol. The Labute approximate surface area is 286 Å². The average Bonchev–Trinajstić information content (AvgIpc) is 3.95. The fourth-order valence-electron chi connectivity index (χ4n) is 6.91. The van der Waals surface area contributed by atoms with Crippen LogP contribution in [0.25, 0.3) is 6.08 Å². The molecule has 0 spiro atoms. The van der Waals surface area contributed by atoms with Crippen LogP contribution in [-0.2, 0) is 42.2 Å². The highest BCUT2D eigenvalue weighted by Gasteiger charge is 2.62. The predicted octanol–water partition coefficient (Wildman–Crippen LogP) is 2.00. The Bertz CT molecular complexity index is 1690. The molecule has 0 aromatic heterocycles. The summed E-state index contributed by atoms with van der Waals surface area (Å²) < 4.78 is 33.1. The van der Waals surface area contributed by atoms with E-state index >= 15 is 0 Å². The van der Waals surface area contributed by atoms with Crippen molar-refractivity contribution in [1.82, 2.24) is 30.1 Å². The van der Waals surface area contributed by atoms with Crippen LogP contribution in [-0.4, -0.2) is 102 Å². The van der Waals surface area contributed by atoms with Crippen molar-refractivity contribution in [2.24, 2.45) is 5.92 Å². The number of nitrogens with one attached hydrogen (secondary N) is 3. The lowest BCUT2D eigenvalue weighted by Crippen LogP contribution is -2.57. The molecule has 264 valence electrons. The summed E-state index contributed by atoms with van der Waals surface area (Å²) in [5.74, 6) is -2.64. The molecule has 0 radical (unpaired) electrons. The summed E-state index contributed by atoms with van der Waals surface area (Å²) in [4.78, 5) is 71.9. The van der Waals surface area contributed by atoms with Crippen LogP contribution in [0.1, 0.15) is 69.1 Å². The molecule has 6 amide bonds. The van der Waals surface area contributed by atoms with Gasteiger partial charge in [-0.1, -0.05) is 36.4 Å². The van der Waals surface area contributed by atoms with Gasteiger partial charge in [-0.05, 0) is 62.6 Å². The first-order chi connectivity index (χ1) is 23.3. The maximum absolute atomic E-state index is 13.9. The van der Waals surface area contributed by atoms with E-state index in [0.717, 1.165) is 23.1 Å². The first-order valence-electron chi connectivity index (χ1n) is 16.9. The summed E-state index contributed by atoms with van der Waals surface area (Å²) in [5, 5.41) is 4.76. The molecule has 15 heteroatoms. The summed E-state index contributed by atoms with van der Waals surface area (Å²) >= 11 is 0. The zero-order chi connectivity index (χ0) is 35.1. The molecule has 3 fully saturated rings. The number of rotatable bonds is 7. The van der Waals surface area contributed by atoms with Crippen molar-refractivity contribution in [3.63, 3.8) is 0 Å². The summed E-state index contributed by atoms with van der Waals surface area (Å²) in [6.45, 7) is 8.16. The number of benzene rings is 1. The number of amides is 6. The van der Waals surface area contributed by atoms with E-state index in [4.69, 9.17) is 4.74 Å². The number of urea groups is 1. The molecule has 14 nitrogen and oxygen atoms in total. The Balaban J connectivity index is 1.23. The lowest BCUT2D eigenvalue weighted by Gasteiger charge is -2.29. The molecule has 6 rings (SSSR count). The highest BCUT2D eigenvalue weighted by Crippen LogP contribution is 2.45. The lowest BCUT2D eigenvalue weighted by molar-refractivity contribution is -0.139. The molecule has 2 saturated carbocycles. The van der Waals surface area contributed by atoms with Crippen LogP contribution in [0.4, 0.5) is 9.59 Å². The van der Waals surface area contributed by atoms with Gasteiger partial charge < -0.3 is 25.2 Å². The third-order valence-electron chi connectivity index (χ3n) is 10.0. The van der Waals surface area contributed by atoms with Crippen LogP contribution in [0.3, 0.4) is 0 Å². The summed E-state index contributed by atoms with van der Waals surface area (Å²) in [5.41, 5.74) is 1.48. The molecular weight excluding hydrogens is 652 g/mol. The molecule has 1 aromatic rings. The molecule has 3 aliphatic heterocycles. The fraction of sp³-hybridized carbons (Fsp3) is 0.559. The number of fused-ring (bicyclic) bond motifs is 3. The zero-order valence-corrected chi connectivity index (χ0v) is 28.7. The molecule has 5 aliphatic rings. The third kappa shape index (κ3) is 7.17. The summed E-state index contributed by atoms with van der Waals surface area (Å²) in [7, 11) is -3.88. The second-order valence-corrected chi connectivity index (χ2v) is 15.8. The van der Waals surface area contributed by atoms with Gasteiger partial charge in [-0.3, -0.25) is 24.0 Å². The van der Waals surface area contributed by atoms with Crippen LogP contribution in [0.2, 0.25) is 0 Å². The Morgan fingerprint density at radius 1 is 1.16 bits per heavy atom. The van der Waals surface area contributed by atoms with Crippen molar-refractivity contribution in [2.75, 3.05) is 19.6 Å². The third-order valence-corrected chi connectivity index (χ3v) is 11.8. The van der Waals surface area contributed by atoms with E-state index in [0.29, 0.717) is 38.9 Å². The van der Waals surface area contributed by atoms with E-state index in [2.05, 4.69) is 28.0 Å². The fourth-order valence-corrected chi connectivity index (χ4v) is 8.28. The van der Waals surface area contributed by atoms with Gasteiger partial charge in [0, 0.05) is 31.5 Å². The molecule has 4 bridgehead atoms. The number of allylic oxidation sites excluding steroid dienone is 1. The van der Waals surface area contributed by atoms with Gasteiger partial charge in [0.25, 0.3) is 5.91 Å². The van der Waals surface area contributed by atoms with E-state index in [1.165, 1.54) is 11.0 Å². The Hall–Kier alpha value is -4.40. The number of hydrogen-bond acceptors (Lipinski definition) is 8. The van der Waals surface area contributed by atoms with Crippen molar-refractivity contribution in [2.45, 2.75) is 94.4 Å². The minimum Gasteiger partial charge on any atom is -0.444 e. The van der Waals surface area contributed by atoms with Crippen molar-refractivity contribution in [3.05, 3.63) is 53.6 Å². The Morgan fingerprint density at radius 3 is 2.63 bits per heavy atom. The molecule has 3 N–H and O–H groups in total. The number of nitrogens with zero attached hydrogens (tertiary/aromatic N) is 3. The van der Waals surface area contributed by atoms with Crippen LogP contribution in [0.15, 0.2) is 36.9 Å². The van der Waals surface area contributed by atoms with Crippen LogP contribution in [0.5, 0.6) is 0 Å². The first kappa shape index (κ1) is 34.5. The molecular formula is C34H44N6O8S. The lowest BCUT2D eigenvalue weighted by atomic mass is 10.0. The quantitative estimate of drug-likeness (QED) is 0.363. The van der Waals surface area contributed by atoms with Gasteiger partial charge in [0.1, 0.15) is 17.7 Å². The minimum absolute atomic E-state index is 0.0546. The van der Waals surface area contributed by atoms with Crippen molar-refractivity contribution < 1.29 is 37.1 Å². The first-order valence-corrected chi connectivity index (χ1v) is 18.4. The van der Waals surface area contributed by atoms with Gasteiger partial charge in [0.05, 0.1) is 24.9 Å². The highest BCUT2D eigenvalue weighted by molar-refractivity contribution is 7.91. The maximum Gasteiger partial charge on any atom is 0.410 e. The second-order valence-electron chi connectivity index (χ2n) is 13.8. The zero-order valence-electron chi connectivity index (χ0n) is 27.9. The van der Waals surface area contributed by atoms with E-state index in [9.17, 15) is 32.4 Å². The number of sulfonamides is 1. The SMILES string of the molecule is C=C[C@@H]1C[C@]1(NC(=O)[C@@H]1C[C@@H]2CN1C(=O)CNC(=O)N(C(C)C)CCC/C=C/c1cccc3c1CN(C3)C(=O)O2)C(=O)NS(=O)(=O)C1CC1. The molecule has 1 saturated heterocycles. The minimum atomic E-state index is -3.88. The number of ether oxygens (including phenoxy) is 1. The Kier molecular flexibility index (Phi) is 9.48. The standard InChI is InChI=1S/C34H44N6O8S/c1-4-24-16-34(24,31(43)37-49(46,47)26-12-13-26)36-30(42)28-15-25-19-40(28)29(41)17-35-32(44)39(21(2)3)14-7-5-6-9-22-10-8-11-23-18-38(20-27(22)23)33(45)48-25/h4,6,8-11,21,24-26,28H,1,5,7,12-20H2,2-3H3,(H,35,44)(H,36,42)(H,37,43)/b9-6+/t24-,25-,28+,34-/m1/s1. The highest BCUT2D eigenvalue weighted by atomic mass is 32.2. The van der Waals surface area contributed by atoms with E-state index in [1.807, 2.05) is 38.1 Å². The maximum atomic E-state index is 13.9. The van der Waals surface area contributed by atoms with Gasteiger partial charge in [-0.15, -0.1) is 6.58 Å². The predicted molar refractivity (Wildman–Crippen MR) is 179 cm³/mol. The van der Waals surface area contributed by atoms with Gasteiger partial charge in [-0.2, -0.15) is 0 Å². The van der Waals surface area contributed by atoms with Crippen LogP contribution in [0, 0.1) is 5.92 Å². The molecule has 0 unspecified atom stereocenters. The van der Waals surface area contributed by atoms with E-state index in [-0.39, 0.29) is 25.4 Å². The molecule has 2 aliphatic carbocycles. The molecule has 4 atom stereocenters. The van der Waals surface area contributed by atoms with Crippen LogP contribution < -0.4 is 15.4 Å². The van der Waals surface area contributed by atoms with E-state index in [1.54, 1.807) is 9.80 Å². The number of hydrogen-bond donors (Lipinski definition) is 3.